The van der Waals surface area contributed by atoms with E-state index >= 15 is 0 Å². The molecule has 206 valence electrons. The van der Waals surface area contributed by atoms with E-state index < -0.39 is 28.4 Å². The maximum Gasteiger partial charge on any atom is 0.264 e. The van der Waals surface area contributed by atoms with Gasteiger partial charge >= 0.3 is 0 Å². The SMILES string of the molecule is Cc1ccc(S(=O)(=O)N(CC(=O)Nc2ccccc2C(=O)N[C@@H](C)c2ccccc2)c2cc(Cl)cc(Cl)c2)cc1. The predicted molar refractivity (Wildman–Crippen MR) is 160 cm³/mol. The Labute approximate surface area is 243 Å². The van der Waals surface area contributed by atoms with Crippen LogP contribution in [0.2, 0.25) is 10.0 Å². The number of anilines is 2. The Bertz CT molecular complexity index is 1610. The molecule has 4 aromatic rings. The summed E-state index contributed by atoms with van der Waals surface area (Å²) in [5.41, 5.74) is 2.40. The van der Waals surface area contributed by atoms with Crippen molar-refractivity contribution in [3.05, 3.63) is 124 Å². The lowest BCUT2D eigenvalue weighted by atomic mass is 10.1. The molecule has 0 fully saturated rings. The van der Waals surface area contributed by atoms with Crippen LogP contribution >= 0.6 is 23.2 Å². The molecule has 4 aromatic carbocycles. The van der Waals surface area contributed by atoms with Gasteiger partial charge in [0.15, 0.2) is 0 Å². The smallest absolute Gasteiger partial charge is 0.264 e. The number of para-hydroxylation sites is 1. The zero-order valence-corrected chi connectivity index (χ0v) is 24.1. The van der Waals surface area contributed by atoms with Crippen LogP contribution in [0.4, 0.5) is 11.4 Å². The van der Waals surface area contributed by atoms with Crippen molar-refractivity contribution in [3.8, 4) is 0 Å². The fraction of sp³-hybridized carbons (Fsp3) is 0.133. The van der Waals surface area contributed by atoms with Crippen LogP contribution < -0.4 is 14.9 Å². The molecule has 4 rings (SSSR count). The summed E-state index contributed by atoms with van der Waals surface area (Å²) in [6, 6.07) is 26.3. The number of carbonyl (C=O) groups excluding carboxylic acids is 2. The lowest BCUT2D eigenvalue weighted by molar-refractivity contribution is -0.114. The number of hydrogen-bond donors (Lipinski definition) is 2. The van der Waals surface area contributed by atoms with E-state index in [9.17, 15) is 18.0 Å². The molecule has 7 nitrogen and oxygen atoms in total. The van der Waals surface area contributed by atoms with Crippen molar-refractivity contribution in [3.63, 3.8) is 0 Å². The Morgan fingerprint density at radius 1 is 0.850 bits per heavy atom. The Kier molecular flexibility index (Phi) is 9.14. The number of nitrogens with zero attached hydrogens (tertiary/aromatic N) is 1. The van der Waals surface area contributed by atoms with Gasteiger partial charge in [-0.1, -0.05) is 83.4 Å². The molecule has 0 saturated heterocycles. The molecule has 10 heteroatoms. The van der Waals surface area contributed by atoms with E-state index in [1.807, 2.05) is 44.2 Å². The van der Waals surface area contributed by atoms with Crippen LogP contribution in [0.25, 0.3) is 0 Å². The average molecular weight is 597 g/mol. The number of rotatable bonds is 9. The molecular weight excluding hydrogens is 569 g/mol. The molecule has 0 heterocycles. The normalized spacial score (nSPS) is 11.9. The summed E-state index contributed by atoms with van der Waals surface area (Å²) in [5, 5.41) is 6.04. The molecular formula is C30H27Cl2N3O4S. The maximum atomic E-state index is 13.7. The van der Waals surface area contributed by atoms with Crippen LogP contribution in [0.15, 0.2) is 102 Å². The first-order valence-corrected chi connectivity index (χ1v) is 14.5. The van der Waals surface area contributed by atoms with E-state index in [-0.39, 0.29) is 37.9 Å². The third-order valence-corrected chi connectivity index (χ3v) is 8.35. The van der Waals surface area contributed by atoms with Crippen LogP contribution in [0.3, 0.4) is 0 Å². The summed E-state index contributed by atoms with van der Waals surface area (Å²) in [7, 11) is -4.19. The molecule has 40 heavy (non-hydrogen) atoms. The van der Waals surface area contributed by atoms with Crippen molar-refractivity contribution in [2.45, 2.75) is 24.8 Å². The first kappa shape index (κ1) is 29.1. The van der Waals surface area contributed by atoms with Gasteiger partial charge in [-0.2, -0.15) is 0 Å². The Balaban J connectivity index is 1.60. The van der Waals surface area contributed by atoms with Crippen molar-refractivity contribution in [1.82, 2.24) is 5.32 Å². The third kappa shape index (κ3) is 7.01. The molecule has 0 bridgehead atoms. The van der Waals surface area contributed by atoms with Crippen LogP contribution in [-0.2, 0) is 14.8 Å². The fourth-order valence-corrected chi connectivity index (χ4v) is 5.96. The minimum atomic E-state index is -4.19. The highest BCUT2D eigenvalue weighted by Crippen LogP contribution is 2.30. The summed E-state index contributed by atoms with van der Waals surface area (Å²) in [4.78, 5) is 26.4. The van der Waals surface area contributed by atoms with Crippen molar-refractivity contribution in [1.29, 1.82) is 0 Å². The van der Waals surface area contributed by atoms with Crippen molar-refractivity contribution in [2.24, 2.45) is 0 Å². The van der Waals surface area contributed by atoms with Gasteiger partial charge < -0.3 is 10.6 Å². The molecule has 0 aliphatic carbocycles. The molecule has 1 atom stereocenters. The standard InChI is InChI=1S/C30H27Cl2N3O4S/c1-20-12-14-26(15-13-20)40(38,39)35(25-17-23(31)16-24(32)18-25)19-29(36)34-28-11-7-6-10-27(28)30(37)33-21(2)22-8-4-3-5-9-22/h3-18,21H,19H2,1-2H3,(H,33,37)(H,34,36)/t21-/m0/s1. The summed E-state index contributed by atoms with van der Waals surface area (Å²) in [5.74, 6) is -1.05. The number of hydrogen-bond acceptors (Lipinski definition) is 4. The molecule has 0 unspecified atom stereocenters. The van der Waals surface area contributed by atoms with E-state index in [0.29, 0.717) is 0 Å². The quantitative estimate of drug-likeness (QED) is 0.227. The molecule has 0 radical (unpaired) electrons. The molecule has 0 aliphatic heterocycles. The summed E-state index contributed by atoms with van der Waals surface area (Å²) in [6.07, 6.45) is 0. The minimum Gasteiger partial charge on any atom is -0.345 e. The highest BCUT2D eigenvalue weighted by atomic mass is 35.5. The van der Waals surface area contributed by atoms with E-state index in [0.717, 1.165) is 15.4 Å². The molecule has 0 saturated carbocycles. The van der Waals surface area contributed by atoms with Gasteiger partial charge in [0.25, 0.3) is 15.9 Å². The van der Waals surface area contributed by atoms with Gasteiger partial charge in [0, 0.05) is 10.0 Å². The Morgan fingerprint density at radius 2 is 1.45 bits per heavy atom. The predicted octanol–water partition coefficient (Wildman–Crippen LogP) is 6.63. The number of carbonyl (C=O) groups is 2. The van der Waals surface area contributed by atoms with Gasteiger partial charge in [0.2, 0.25) is 5.91 Å². The van der Waals surface area contributed by atoms with E-state index in [1.54, 1.807) is 36.4 Å². The molecule has 0 aliphatic rings. The number of aryl methyl sites for hydroxylation is 1. The first-order valence-electron chi connectivity index (χ1n) is 12.3. The van der Waals surface area contributed by atoms with Crippen LogP contribution in [0, 0.1) is 6.92 Å². The second-order valence-electron chi connectivity index (χ2n) is 9.15. The highest BCUT2D eigenvalue weighted by molar-refractivity contribution is 7.92. The molecule has 0 spiro atoms. The second kappa shape index (κ2) is 12.6. The van der Waals surface area contributed by atoms with Gasteiger partial charge in [-0.05, 0) is 61.9 Å². The van der Waals surface area contributed by atoms with Gasteiger partial charge in [0.1, 0.15) is 6.54 Å². The number of benzene rings is 4. The zero-order chi connectivity index (χ0) is 28.9. The second-order valence-corrected chi connectivity index (χ2v) is 11.9. The molecule has 0 aromatic heterocycles. The Morgan fingerprint density at radius 3 is 2.10 bits per heavy atom. The summed E-state index contributed by atoms with van der Waals surface area (Å²) >= 11 is 12.3. The fourth-order valence-electron chi connectivity index (χ4n) is 4.05. The number of sulfonamides is 1. The van der Waals surface area contributed by atoms with Gasteiger partial charge in [0.05, 0.1) is 27.9 Å². The number of nitrogens with one attached hydrogen (secondary N) is 2. The topological polar surface area (TPSA) is 95.6 Å². The van der Waals surface area contributed by atoms with Crippen LogP contribution in [0.1, 0.15) is 34.5 Å². The number of halogens is 2. The summed E-state index contributed by atoms with van der Waals surface area (Å²) < 4.78 is 28.3. The van der Waals surface area contributed by atoms with Gasteiger partial charge in [-0.3, -0.25) is 13.9 Å². The summed E-state index contributed by atoms with van der Waals surface area (Å²) in [6.45, 7) is 3.11. The maximum absolute atomic E-state index is 13.7. The average Bonchev–Trinajstić information content (AvgIpc) is 2.92. The van der Waals surface area contributed by atoms with Crippen molar-refractivity contribution >= 4 is 56.4 Å². The first-order chi connectivity index (χ1) is 19.0. The molecule has 2 amide bonds. The largest absolute Gasteiger partial charge is 0.345 e. The van der Waals surface area contributed by atoms with E-state index in [2.05, 4.69) is 10.6 Å². The Hall–Kier alpha value is -3.85. The third-order valence-electron chi connectivity index (χ3n) is 6.12. The van der Waals surface area contributed by atoms with Crippen LogP contribution in [-0.4, -0.2) is 26.8 Å². The lowest BCUT2D eigenvalue weighted by Crippen LogP contribution is -2.38. The van der Waals surface area contributed by atoms with Crippen molar-refractivity contribution in [2.75, 3.05) is 16.2 Å². The zero-order valence-electron chi connectivity index (χ0n) is 21.8. The highest BCUT2D eigenvalue weighted by Gasteiger charge is 2.28. The molecule has 2 N–H and O–H groups in total. The van der Waals surface area contributed by atoms with E-state index in [4.69, 9.17) is 23.2 Å². The monoisotopic (exact) mass is 595 g/mol. The lowest BCUT2D eigenvalue weighted by Gasteiger charge is -2.25. The van der Waals surface area contributed by atoms with Crippen LogP contribution in [0.5, 0.6) is 0 Å². The van der Waals surface area contributed by atoms with Gasteiger partial charge in [-0.25, -0.2) is 8.42 Å². The van der Waals surface area contributed by atoms with E-state index in [1.165, 1.54) is 30.3 Å². The van der Waals surface area contributed by atoms with Gasteiger partial charge in [-0.15, -0.1) is 0 Å². The number of amides is 2. The minimum absolute atomic E-state index is 0.00308. The van der Waals surface area contributed by atoms with Crippen molar-refractivity contribution < 1.29 is 18.0 Å².